The van der Waals surface area contributed by atoms with E-state index in [4.69, 9.17) is 4.74 Å². The minimum Gasteiger partial charge on any atom is -0.495 e. The molecule has 0 spiro atoms. The summed E-state index contributed by atoms with van der Waals surface area (Å²) in [5.74, 6) is -0.159. The summed E-state index contributed by atoms with van der Waals surface area (Å²) in [6.45, 7) is 0. The molecule has 4 nitrogen and oxygen atoms in total. The molecule has 1 saturated carbocycles. The minimum absolute atomic E-state index is 0.0704. The van der Waals surface area contributed by atoms with Crippen LogP contribution >= 0.6 is 0 Å². The molecule has 0 saturated heterocycles. The van der Waals surface area contributed by atoms with Gasteiger partial charge in [0.15, 0.2) is 11.6 Å². The van der Waals surface area contributed by atoms with E-state index < -0.39 is 10.8 Å². The van der Waals surface area contributed by atoms with Gasteiger partial charge in [0.25, 0.3) is 0 Å². The van der Waals surface area contributed by atoms with Crippen LogP contribution < -0.4 is 4.74 Å². The number of carbonyl (C=O) groups is 2. The fourth-order valence-corrected chi connectivity index (χ4v) is 6.34. The van der Waals surface area contributed by atoms with E-state index in [1.165, 1.54) is 13.2 Å². The van der Waals surface area contributed by atoms with Crippen LogP contribution in [0.1, 0.15) is 6.42 Å². The first-order chi connectivity index (χ1) is 13.1. The zero-order valence-corrected chi connectivity index (χ0v) is 15.6. The number of methoxy groups -OCH3 is 1. The molecule has 0 unspecified atom stereocenters. The zero-order valence-electron chi connectivity index (χ0n) is 14.8. The van der Waals surface area contributed by atoms with Gasteiger partial charge in [0, 0.05) is 23.3 Å². The van der Waals surface area contributed by atoms with Gasteiger partial charge in [-0.1, -0.05) is 42.5 Å². The Balaban J connectivity index is 1.64. The molecule has 2 aromatic rings. The van der Waals surface area contributed by atoms with Crippen molar-refractivity contribution in [2.24, 2.45) is 23.7 Å². The molecule has 5 rings (SSSR count). The van der Waals surface area contributed by atoms with Crippen molar-refractivity contribution in [2.75, 3.05) is 7.11 Å². The van der Waals surface area contributed by atoms with Crippen LogP contribution in [0.3, 0.4) is 0 Å². The lowest BCUT2D eigenvalue weighted by Crippen LogP contribution is -2.38. The molecule has 3 aliphatic rings. The Morgan fingerprint density at radius 1 is 1.00 bits per heavy atom. The van der Waals surface area contributed by atoms with Gasteiger partial charge in [0.1, 0.15) is 5.75 Å². The Kier molecular flexibility index (Phi) is 3.69. The number of Topliss-reactive ketones (excluding diaryl/α,β-unsaturated/α-hetero) is 1. The van der Waals surface area contributed by atoms with Crippen LogP contribution in [0.5, 0.6) is 5.75 Å². The van der Waals surface area contributed by atoms with Crippen molar-refractivity contribution in [3.63, 3.8) is 0 Å². The maximum atomic E-state index is 13.5. The summed E-state index contributed by atoms with van der Waals surface area (Å²) in [5, 5.41) is 1.68. The first-order valence-electron chi connectivity index (χ1n) is 9.05. The van der Waals surface area contributed by atoms with E-state index in [9.17, 15) is 13.8 Å². The molecule has 0 amide bonds. The molecular formula is C22H18O4S. The van der Waals surface area contributed by atoms with Crippen molar-refractivity contribution >= 4 is 33.1 Å². The molecule has 27 heavy (non-hydrogen) atoms. The SMILES string of the molecule is COc1ccc2ccccc2c1[S@](=O)C1=CC(=O)[C@H]2[C@@H](C1=O)[C@H]1C=C[C@@H]2C1. The van der Waals surface area contributed by atoms with E-state index in [0.29, 0.717) is 10.6 Å². The number of hydrogen-bond donors (Lipinski definition) is 0. The lowest BCUT2D eigenvalue weighted by Gasteiger charge is -2.29. The first-order valence-corrected chi connectivity index (χ1v) is 10.2. The van der Waals surface area contributed by atoms with Gasteiger partial charge in [-0.2, -0.15) is 0 Å². The standard InChI is InChI=1S/C22H18O4S/c1-26-17-9-8-12-4-2-3-5-15(12)22(17)27(25)18-11-16(23)19-13-6-7-14(10-13)20(19)21(18)24/h2-9,11,13-14,19-20H,10H2,1H3/t13-,14+,19+,20+,27-/m1/s1. The molecule has 0 aromatic heterocycles. The highest BCUT2D eigenvalue weighted by Crippen LogP contribution is 2.52. The lowest BCUT2D eigenvalue weighted by atomic mass is 9.75. The summed E-state index contributed by atoms with van der Waals surface area (Å²) < 4.78 is 19.0. The molecule has 3 aliphatic carbocycles. The molecule has 1 fully saturated rings. The Morgan fingerprint density at radius 2 is 1.74 bits per heavy atom. The quantitative estimate of drug-likeness (QED) is 0.768. The largest absolute Gasteiger partial charge is 0.495 e. The van der Waals surface area contributed by atoms with Gasteiger partial charge in [-0.3, -0.25) is 9.59 Å². The van der Waals surface area contributed by atoms with Crippen LogP contribution in [0, 0.1) is 23.7 Å². The highest BCUT2D eigenvalue weighted by molar-refractivity contribution is 7.90. The summed E-state index contributed by atoms with van der Waals surface area (Å²) in [7, 11) is -0.259. The smallest absolute Gasteiger partial charge is 0.176 e. The third-order valence-electron chi connectivity index (χ3n) is 6.06. The lowest BCUT2D eigenvalue weighted by molar-refractivity contribution is -0.129. The van der Waals surface area contributed by atoms with Crippen LogP contribution in [0.2, 0.25) is 0 Å². The molecule has 0 heterocycles. The molecule has 0 N–H and O–H groups in total. The fourth-order valence-electron chi connectivity index (χ4n) is 4.86. The number of ether oxygens (including phenoxy) is 1. The predicted octanol–water partition coefficient (Wildman–Crippen LogP) is 3.43. The summed E-state index contributed by atoms with van der Waals surface area (Å²) >= 11 is 0. The Morgan fingerprint density at radius 3 is 2.52 bits per heavy atom. The molecule has 136 valence electrons. The van der Waals surface area contributed by atoms with Crippen LogP contribution in [0.25, 0.3) is 10.8 Å². The van der Waals surface area contributed by atoms with E-state index in [0.717, 1.165) is 17.2 Å². The number of allylic oxidation sites excluding steroid dienone is 4. The van der Waals surface area contributed by atoms with Crippen molar-refractivity contribution in [2.45, 2.75) is 11.3 Å². The Labute approximate surface area is 159 Å². The number of carbonyl (C=O) groups excluding carboxylic acids is 2. The maximum absolute atomic E-state index is 13.5. The van der Waals surface area contributed by atoms with Crippen molar-refractivity contribution in [3.05, 3.63) is 59.5 Å². The summed E-state index contributed by atoms with van der Waals surface area (Å²) in [6.07, 6.45) is 6.27. The number of ketones is 2. The first kappa shape index (κ1) is 16.6. The number of rotatable bonds is 3. The molecule has 5 atom stereocenters. The van der Waals surface area contributed by atoms with Gasteiger partial charge in [0.05, 0.1) is 27.7 Å². The van der Waals surface area contributed by atoms with Crippen LogP contribution in [0.4, 0.5) is 0 Å². The van der Waals surface area contributed by atoms with Gasteiger partial charge >= 0.3 is 0 Å². The number of hydrogen-bond acceptors (Lipinski definition) is 4. The van der Waals surface area contributed by atoms with Gasteiger partial charge in [-0.05, 0) is 29.7 Å². The number of fused-ring (bicyclic) bond motifs is 6. The topological polar surface area (TPSA) is 60.4 Å². The average molecular weight is 378 g/mol. The van der Waals surface area contributed by atoms with Crippen molar-refractivity contribution < 1.29 is 18.5 Å². The Hall–Kier alpha value is -2.53. The third kappa shape index (κ3) is 2.31. The average Bonchev–Trinajstić information content (AvgIpc) is 3.31. The van der Waals surface area contributed by atoms with Crippen LogP contribution in [-0.2, 0) is 20.4 Å². The maximum Gasteiger partial charge on any atom is 0.176 e. The van der Waals surface area contributed by atoms with Crippen molar-refractivity contribution in [1.29, 1.82) is 0 Å². The van der Waals surface area contributed by atoms with Crippen molar-refractivity contribution in [1.82, 2.24) is 0 Å². The molecule has 0 radical (unpaired) electrons. The molecular weight excluding hydrogens is 360 g/mol. The monoisotopic (exact) mass is 378 g/mol. The second-order valence-electron chi connectivity index (χ2n) is 7.36. The molecule has 5 heteroatoms. The van der Waals surface area contributed by atoms with Gasteiger partial charge < -0.3 is 4.74 Å². The normalized spacial score (nSPS) is 29.7. The summed E-state index contributed by atoms with van der Waals surface area (Å²) in [5.41, 5.74) is 0. The molecule has 0 aliphatic heterocycles. The molecule has 2 bridgehead atoms. The van der Waals surface area contributed by atoms with Gasteiger partial charge in [0.2, 0.25) is 0 Å². The minimum atomic E-state index is -1.78. The predicted molar refractivity (Wildman–Crippen MR) is 103 cm³/mol. The van der Waals surface area contributed by atoms with E-state index in [2.05, 4.69) is 6.08 Å². The van der Waals surface area contributed by atoms with Gasteiger partial charge in [-0.25, -0.2) is 4.21 Å². The second-order valence-corrected chi connectivity index (χ2v) is 8.75. The van der Waals surface area contributed by atoms with Gasteiger partial charge in [-0.15, -0.1) is 0 Å². The summed E-state index contributed by atoms with van der Waals surface area (Å²) in [4.78, 5) is 26.5. The van der Waals surface area contributed by atoms with Crippen LogP contribution in [-0.4, -0.2) is 22.9 Å². The van der Waals surface area contributed by atoms with E-state index in [1.54, 1.807) is 6.07 Å². The zero-order chi connectivity index (χ0) is 18.7. The van der Waals surface area contributed by atoms with E-state index >= 15 is 0 Å². The van der Waals surface area contributed by atoms with Crippen molar-refractivity contribution in [3.8, 4) is 5.75 Å². The highest BCUT2D eigenvalue weighted by atomic mass is 32.2. The molecule has 2 aromatic carbocycles. The Bertz CT molecular complexity index is 1080. The summed E-state index contributed by atoms with van der Waals surface area (Å²) in [6, 6.07) is 11.2. The third-order valence-corrected chi connectivity index (χ3v) is 7.57. The van der Waals surface area contributed by atoms with E-state index in [-0.39, 0.29) is 40.1 Å². The number of benzene rings is 2. The van der Waals surface area contributed by atoms with Crippen LogP contribution in [0.15, 0.2) is 64.4 Å². The second kappa shape index (κ2) is 5.99. The fraction of sp³-hybridized carbons (Fsp3) is 0.273. The highest BCUT2D eigenvalue weighted by Gasteiger charge is 2.54. The van der Waals surface area contributed by atoms with E-state index in [1.807, 2.05) is 36.4 Å².